The summed E-state index contributed by atoms with van der Waals surface area (Å²) in [5.41, 5.74) is 0. The van der Waals surface area contributed by atoms with E-state index < -0.39 is 89.2 Å². The molecule has 0 saturated heterocycles. The van der Waals surface area contributed by atoms with Gasteiger partial charge in [-0.15, -0.1) is 0 Å². The average Bonchev–Trinajstić information content (AvgIpc) is 2.55. The zero-order valence-electron chi connectivity index (χ0n) is 40.9. The second kappa shape index (κ2) is 19.2. The molecule has 0 unspecified atom stereocenters. The molecule has 0 heterocycles. The Morgan fingerprint density at radius 2 is 0.220 bits per heavy atom. The van der Waals surface area contributed by atoms with Crippen molar-refractivity contribution in [2.75, 3.05) is 0 Å². The van der Waals surface area contributed by atoms with Crippen LogP contribution in [-0.4, -0.2) is 167 Å². The van der Waals surface area contributed by atoms with Crippen LogP contribution in [-0.2, 0) is 0 Å². The monoisotopic (exact) mass is 1170 g/mol. The molecule has 0 rings (SSSR count). The summed E-state index contributed by atoms with van der Waals surface area (Å²) in [6.45, 7) is 89.3. The smallest absolute Gasteiger partial charge is 0.0303 e. The first-order valence-corrected chi connectivity index (χ1v) is 79.5. The van der Waals surface area contributed by atoms with Crippen LogP contribution in [0.15, 0.2) is 0 Å². The van der Waals surface area contributed by atoms with Gasteiger partial charge in [-0.05, 0) is 0 Å². The molecule has 0 amide bonds. The zero-order valence-corrected chi connectivity index (χ0v) is 62.0. The minimum atomic E-state index is -1.13. The van der Waals surface area contributed by atoms with E-state index in [0.717, 1.165) is 0 Å². The molecule has 298 valence electrons. The van der Waals surface area contributed by atoms with Crippen LogP contribution in [0, 0.1) is 0 Å². The van der Waals surface area contributed by atoms with Crippen LogP contribution in [0.3, 0.4) is 0 Å². The first-order chi connectivity index (χ1) is 20.0. The summed E-state index contributed by atoms with van der Waals surface area (Å²) in [5, 5.41) is 0. The Balaban J connectivity index is -0.000000407. The van der Waals surface area contributed by atoms with Crippen LogP contribution in [0.5, 0.6) is 0 Å². The third-order valence-electron chi connectivity index (χ3n) is 11.6. The number of hydrogen-bond acceptors (Lipinski definition) is 0. The van der Waals surface area contributed by atoms with Crippen molar-refractivity contribution in [3.8, 4) is 0 Å². The third-order valence-corrected chi connectivity index (χ3v) is 312. The fourth-order valence-electron chi connectivity index (χ4n) is 13.2. The second-order valence-corrected chi connectivity index (χ2v) is 186. The van der Waals surface area contributed by atoms with Gasteiger partial charge in [0, 0.05) is 167 Å². The predicted molar refractivity (Wildman–Crippen MR) is 291 cm³/mol. The fraction of sp³-hybridized carbons (Fsp3) is 1.00. The first kappa shape index (κ1) is 61.8. The maximum Gasteiger partial charge on any atom is 0.0303 e. The average molecular weight is 1170 g/mol. The topological polar surface area (TPSA) is 0 Å². The molecule has 10 radical (unpaired) electrons. The molecule has 0 aliphatic rings. The van der Waals surface area contributed by atoms with Gasteiger partial charge in [0.25, 0.3) is 0 Å². The van der Waals surface area contributed by atoms with Crippen molar-refractivity contribution >= 4 is 167 Å². The maximum atomic E-state index is 2.93. The van der Waals surface area contributed by atoms with Gasteiger partial charge < -0.3 is 0 Å². The second-order valence-electron chi connectivity index (χ2n) is 26.0. The van der Waals surface area contributed by atoms with E-state index in [2.05, 4.69) is 210 Å². The van der Waals surface area contributed by atoms with E-state index in [1.54, 1.807) is 0 Å². The van der Waals surface area contributed by atoms with Gasteiger partial charge in [0.2, 0.25) is 0 Å². The first-order valence-electron chi connectivity index (χ1n) is 19.5. The Labute approximate surface area is 372 Å². The molecule has 0 N–H and O–H groups in total. The van der Waals surface area contributed by atoms with E-state index >= 15 is 0 Å². The standard InChI is InChI=1S/2C16H48Si8.2Sb/c2*1-19(2,3)17(20(4,5)6)23(13,14)24(15,16)18(21(7,8)9)22(10,11)12;;/h2*1-16H3;;. The summed E-state index contributed by atoms with van der Waals surface area (Å²) in [6.07, 6.45) is 0. The fourth-order valence-corrected chi connectivity index (χ4v) is 547. The summed E-state index contributed by atoms with van der Waals surface area (Å²) < 4.78 is 0. The van der Waals surface area contributed by atoms with Crippen molar-refractivity contribution in [3.05, 3.63) is 0 Å². The van der Waals surface area contributed by atoms with Gasteiger partial charge in [-0.3, -0.25) is 0 Å². The SMILES string of the molecule is C[Si](C)(C)[Si]([Si](C)(C)C)[Si](C)(C)[Si](C)(C)[Si]([Si](C)(C)C)[Si](C)(C)C.C[Si](C)(C)[Si]([Si](C)(C)C)[Si](C)(C)[Si](C)(C)[Si]([Si](C)(C)C)[Si](C)(C)C.[Sb].[Sb]. The Kier molecular flexibility index (Phi) is 23.7. The molecule has 0 aliphatic heterocycles. The van der Waals surface area contributed by atoms with Crippen LogP contribution in [0.1, 0.15) is 0 Å². The molecule has 0 nitrogen and oxygen atoms in total. The van der Waals surface area contributed by atoms with E-state index in [1.165, 1.54) is 0 Å². The quantitative estimate of drug-likeness (QED) is 0.152. The van der Waals surface area contributed by atoms with Gasteiger partial charge in [0.1, 0.15) is 0 Å². The van der Waals surface area contributed by atoms with Crippen LogP contribution in [0.4, 0.5) is 0 Å². The van der Waals surface area contributed by atoms with Crippen LogP contribution >= 0.6 is 0 Å². The Morgan fingerprint density at radius 3 is 0.260 bits per heavy atom. The number of rotatable bonds is 14. The number of hydrogen-bond donors (Lipinski definition) is 0. The van der Waals surface area contributed by atoms with Gasteiger partial charge >= 0.3 is 0 Å². The molecular formula is C32H96Sb2Si16. The largest absolute Gasteiger partial charge is 0.0739 e. The molecule has 0 atom stereocenters. The van der Waals surface area contributed by atoms with Gasteiger partial charge in [-0.25, -0.2) is 0 Å². The summed E-state index contributed by atoms with van der Waals surface area (Å²) in [6, 6.07) is 0. The molecule has 18 heteroatoms. The summed E-state index contributed by atoms with van der Waals surface area (Å²) in [5.74, 6) is 0. The molecule has 0 aliphatic carbocycles. The predicted octanol–water partition coefficient (Wildman–Crippen LogP) is 11.8. The van der Waals surface area contributed by atoms with E-state index in [4.69, 9.17) is 0 Å². The minimum absolute atomic E-state index is 0. The summed E-state index contributed by atoms with van der Waals surface area (Å²) >= 11 is 0. The normalized spacial score (nSPS) is 15.6. The molecule has 0 aromatic rings. The van der Waals surface area contributed by atoms with Crippen molar-refractivity contribution in [3.63, 3.8) is 0 Å². The van der Waals surface area contributed by atoms with Crippen molar-refractivity contribution in [2.45, 2.75) is 210 Å². The van der Waals surface area contributed by atoms with Gasteiger partial charge in [-0.2, -0.15) is 0 Å². The van der Waals surface area contributed by atoms with Crippen molar-refractivity contribution in [2.24, 2.45) is 0 Å². The summed E-state index contributed by atoms with van der Waals surface area (Å²) in [7, 11) is -13.2. The maximum absolute atomic E-state index is 2.93. The molecule has 0 aromatic carbocycles. The minimum Gasteiger partial charge on any atom is -0.0739 e. The van der Waals surface area contributed by atoms with Crippen molar-refractivity contribution in [1.82, 2.24) is 0 Å². The Morgan fingerprint density at radius 1 is 0.160 bits per heavy atom. The van der Waals surface area contributed by atoms with E-state index in [9.17, 15) is 0 Å². The Bertz CT molecular complexity index is 814. The van der Waals surface area contributed by atoms with Crippen LogP contribution in [0.2, 0.25) is 210 Å². The van der Waals surface area contributed by atoms with Gasteiger partial charge in [0.15, 0.2) is 0 Å². The van der Waals surface area contributed by atoms with Crippen LogP contribution in [0.25, 0.3) is 0 Å². The molecular weight excluding hydrogens is 1080 g/mol. The third kappa shape index (κ3) is 15.9. The molecule has 0 bridgehead atoms. The zero-order chi connectivity index (χ0) is 40.3. The molecule has 0 saturated carbocycles. The van der Waals surface area contributed by atoms with E-state index in [-0.39, 0.29) is 78.3 Å². The Hall–Kier alpha value is 5.11. The molecule has 0 fully saturated rings. The van der Waals surface area contributed by atoms with Gasteiger partial charge in [-0.1, -0.05) is 210 Å². The summed E-state index contributed by atoms with van der Waals surface area (Å²) in [4.78, 5) is 0. The molecule has 50 heavy (non-hydrogen) atoms. The van der Waals surface area contributed by atoms with Gasteiger partial charge in [0.05, 0.1) is 0 Å². The van der Waals surface area contributed by atoms with E-state index in [0.29, 0.717) is 0 Å². The molecule has 0 spiro atoms. The van der Waals surface area contributed by atoms with Crippen LogP contribution < -0.4 is 0 Å². The van der Waals surface area contributed by atoms with E-state index in [1.807, 2.05) is 0 Å². The van der Waals surface area contributed by atoms with Crippen molar-refractivity contribution in [1.29, 1.82) is 0 Å². The van der Waals surface area contributed by atoms with Crippen molar-refractivity contribution < 1.29 is 0 Å². The molecule has 0 aromatic heterocycles.